The highest BCUT2D eigenvalue weighted by molar-refractivity contribution is 14.0. The molecule has 1 atom stereocenters. The highest BCUT2D eigenvalue weighted by atomic mass is 127. The molecule has 0 spiro atoms. The Morgan fingerprint density at radius 1 is 1.27 bits per heavy atom. The summed E-state index contributed by atoms with van der Waals surface area (Å²) < 4.78 is 24.7. The molecule has 1 unspecified atom stereocenters. The Balaban J connectivity index is 0.00000320. The van der Waals surface area contributed by atoms with E-state index in [9.17, 15) is 4.39 Å². The SMILES string of the molecule is CN=C(NCC1(c2cccc(F)c2)CCCCC1)N1CCC(COCCOC)C1.I. The van der Waals surface area contributed by atoms with Crippen LogP contribution in [0.3, 0.4) is 0 Å². The summed E-state index contributed by atoms with van der Waals surface area (Å²) in [6.07, 6.45) is 6.96. The van der Waals surface area contributed by atoms with Gasteiger partial charge in [-0.25, -0.2) is 4.39 Å². The van der Waals surface area contributed by atoms with Crippen LogP contribution < -0.4 is 5.32 Å². The summed E-state index contributed by atoms with van der Waals surface area (Å²) in [6, 6.07) is 7.18. The fourth-order valence-corrected chi connectivity index (χ4v) is 4.75. The van der Waals surface area contributed by atoms with Crippen LogP contribution in [-0.2, 0) is 14.9 Å². The van der Waals surface area contributed by atoms with Crippen molar-refractivity contribution in [3.63, 3.8) is 0 Å². The molecule has 0 bridgehead atoms. The summed E-state index contributed by atoms with van der Waals surface area (Å²) in [5.41, 5.74) is 1.10. The second kappa shape index (κ2) is 12.8. The van der Waals surface area contributed by atoms with Crippen LogP contribution in [-0.4, -0.2) is 64.5 Å². The molecule has 1 aliphatic heterocycles. The number of guanidine groups is 1. The molecule has 0 radical (unpaired) electrons. The molecule has 5 nitrogen and oxygen atoms in total. The molecule has 2 fully saturated rings. The van der Waals surface area contributed by atoms with Gasteiger partial charge in [-0.3, -0.25) is 4.99 Å². The molecule has 7 heteroatoms. The average molecular weight is 533 g/mol. The lowest BCUT2D eigenvalue weighted by molar-refractivity contribution is 0.0536. The molecule has 1 aliphatic carbocycles. The van der Waals surface area contributed by atoms with Crippen LogP contribution in [0, 0.1) is 11.7 Å². The first-order chi connectivity index (χ1) is 14.2. The van der Waals surface area contributed by atoms with E-state index >= 15 is 0 Å². The summed E-state index contributed by atoms with van der Waals surface area (Å²) >= 11 is 0. The molecule has 170 valence electrons. The van der Waals surface area contributed by atoms with Crippen molar-refractivity contribution in [2.75, 3.05) is 53.6 Å². The van der Waals surface area contributed by atoms with E-state index in [-0.39, 0.29) is 35.2 Å². The fourth-order valence-electron chi connectivity index (χ4n) is 4.75. The maximum Gasteiger partial charge on any atom is 0.193 e. The number of nitrogens with zero attached hydrogens (tertiary/aromatic N) is 2. The van der Waals surface area contributed by atoms with E-state index in [1.807, 2.05) is 13.1 Å². The normalized spacial score (nSPS) is 21.4. The molecule has 1 aromatic rings. The molecule has 0 aromatic heterocycles. The summed E-state index contributed by atoms with van der Waals surface area (Å²) in [5, 5.41) is 3.63. The lowest BCUT2D eigenvalue weighted by Gasteiger charge is -2.39. The van der Waals surface area contributed by atoms with Crippen LogP contribution in [0.15, 0.2) is 29.3 Å². The minimum Gasteiger partial charge on any atom is -0.382 e. The Kier molecular flexibility index (Phi) is 10.8. The molecular formula is C23H37FIN3O2. The molecule has 1 saturated heterocycles. The third kappa shape index (κ3) is 6.79. The van der Waals surface area contributed by atoms with Gasteiger partial charge in [-0.15, -0.1) is 24.0 Å². The van der Waals surface area contributed by atoms with Crippen molar-refractivity contribution in [1.82, 2.24) is 10.2 Å². The highest BCUT2D eigenvalue weighted by Gasteiger charge is 2.35. The van der Waals surface area contributed by atoms with Crippen molar-refractivity contribution in [1.29, 1.82) is 0 Å². The Hall–Kier alpha value is -0.930. The Labute approximate surface area is 197 Å². The van der Waals surface area contributed by atoms with Gasteiger partial charge in [0.1, 0.15) is 5.82 Å². The number of aliphatic imine (C=N–C) groups is 1. The van der Waals surface area contributed by atoms with Crippen molar-refractivity contribution < 1.29 is 13.9 Å². The van der Waals surface area contributed by atoms with Crippen molar-refractivity contribution in [3.8, 4) is 0 Å². The summed E-state index contributed by atoms with van der Waals surface area (Å²) in [5.74, 6) is 1.33. The van der Waals surface area contributed by atoms with Crippen LogP contribution >= 0.6 is 24.0 Å². The summed E-state index contributed by atoms with van der Waals surface area (Å²) in [6.45, 7) is 4.81. The van der Waals surface area contributed by atoms with Crippen LogP contribution in [0.4, 0.5) is 4.39 Å². The Morgan fingerprint density at radius 3 is 2.77 bits per heavy atom. The second-order valence-electron chi connectivity index (χ2n) is 8.42. The monoisotopic (exact) mass is 533 g/mol. The Bertz CT molecular complexity index is 668. The number of nitrogens with one attached hydrogen (secondary N) is 1. The van der Waals surface area contributed by atoms with Crippen LogP contribution in [0.5, 0.6) is 0 Å². The van der Waals surface area contributed by atoms with Gasteiger partial charge in [0.15, 0.2) is 5.96 Å². The number of halogens is 2. The number of hydrogen-bond acceptors (Lipinski definition) is 3. The van der Waals surface area contributed by atoms with E-state index in [2.05, 4.69) is 21.3 Å². The number of likely N-dealkylation sites (tertiary alicyclic amines) is 1. The third-order valence-corrected chi connectivity index (χ3v) is 6.42. The van der Waals surface area contributed by atoms with E-state index < -0.39 is 0 Å². The van der Waals surface area contributed by atoms with Crippen LogP contribution in [0.25, 0.3) is 0 Å². The average Bonchev–Trinajstić information content (AvgIpc) is 3.21. The topological polar surface area (TPSA) is 46.1 Å². The molecule has 30 heavy (non-hydrogen) atoms. The predicted molar refractivity (Wildman–Crippen MR) is 130 cm³/mol. The zero-order chi connectivity index (χ0) is 20.5. The van der Waals surface area contributed by atoms with Gasteiger partial charge in [-0.1, -0.05) is 31.4 Å². The first-order valence-electron chi connectivity index (χ1n) is 11.0. The van der Waals surface area contributed by atoms with Gasteiger partial charge >= 0.3 is 0 Å². The van der Waals surface area contributed by atoms with Crippen LogP contribution in [0.2, 0.25) is 0 Å². The van der Waals surface area contributed by atoms with E-state index in [0.29, 0.717) is 19.1 Å². The van der Waals surface area contributed by atoms with Crippen molar-refractivity contribution >= 4 is 29.9 Å². The molecule has 1 aromatic carbocycles. The summed E-state index contributed by atoms with van der Waals surface area (Å²) in [7, 11) is 3.54. The van der Waals surface area contributed by atoms with E-state index in [1.165, 1.54) is 25.3 Å². The number of methoxy groups -OCH3 is 1. The molecule has 1 saturated carbocycles. The molecule has 1 N–H and O–H groups in total. The van der Waals surface area contributed by atoms with Gasteiger partial charge in [0.25, 0.3) is 0 Å². The molecule has 1 heterocycles. The number of ether oxygens (including phenoxy) is 2. The maximum atomic E-state index is 13.9. The standard InChI is InChI=1S/C23H36FN3O2.HI/c1-25-22(27-12-9-19(16-27)17-29-14-13-28-2)26-18-23(10-4-3-5-11-23)20-7-6-8-21(24)15-20;/h6-8,15,19H,3-5,9-14,16-18H2,1-2H3,(H,25,26);1H. The quantitative estimate of drug-likeness (QED) is 0.236. The molecule has 3 rings (SSSR count). The first-order valence-corrected chi connectivity index (χ1v) is 11.0. The van der Waals surface area contributed by atoms with Gasteiger partial charge in [0.05, 0.1) is 19.8 Å². The number of hydrogen-bond donors (Lipinski definition) is 1. The van der Waals surface area contributed by atoms with Gasteiger partial charge in [-0.2, -0.15) is 0 Å². The van der Waals surface area contributed by atoms with Gasteiger partial charge in [0, 0.05) is 45.1 Å². The van der Waals surface area contributed by atoms with E-state index in [1.54, 1.807) is 13.2 Å². The second-order valence-corrected chi connectivity index (χ2v) is 8.42. The number of benzene rings is 1. The van der Waals surface area contributed by atoms with E-state index in [0.717, 1.165) is 57.0 Å². The lowest BCUT2D eigenvalue weighted by Crippen LogP contribution is -2.47. The van der Waals surface area contributed by atoms with Crippen LogP contribution in [0.1, 0.15) is 44.1 Å². The van der Waals surface area contributed by atoms with Gasteiger partial charge in [0.2, 0.25) is 0 Å². The summed E-state index contributed by atoms with van der Waals surface area (Å²) in [4.78, 5) is 6.86. The third-order valence-electron chi connectivity index (χ3n) is 6.42. The zero-order valence-electron chi connectivity index (χ0n) is 18.4. The Morgan fingerprint density at radius 2 is 2.07 bits per heavy atom. The molecule has 0 amide bonds. The number of rotatable bonds is 8. The lowest BCUT2D eigenvalue weighted by atomic mass is 9.69. The predicted octanol–water partition coefficient (Wildman–Crippen LogP) is 4.21. The van der Waals surface area contributed by atoms with Crippen molar-refractivity contribution in [3.05, 3.63) is 35.6 Å². The van der Waals surface area contributed by atoms with Gasteiger partial charge in [-0.05, 0) is 37.0 Å². The minimum absolute atomic E-state index is 0. The van der Waals surface area contributed by atoms with E-state index in [4.69, 9.17) is 9.47 Å². The molecule has 2 aliphatic rings. The van der Waals surface area contributed by atoms with Gasteiger partial charge < -0.3 is 19.7 Å². The fraction of sp³-hybridized carbons (Fsp3) is 0.696. The first kappa shape index (κ1) is 25.3. The van der Waals surface area contributed by atoms with Crippen molar-refractivity contribution in [2.24, 2.45) is 10.9 Å². The highest BCUT2D eigenvalue weighted by Crippen LogP contribution is 2.39. The van der Waals surface area contributed by atoms with Crippen molar-refractivity contribution in [2.45, 2.75) is 43.9 Å². The largest absolute Gasteiger partial charge is 0.382 e. The zero-order valence-corrected chi connectivity index (χ0v) is 20.7. The smallest absolute Gasteiger partial charge is 0.193 e. The maximum absolute atomic E-state index is 13.9. The molecular weight excluding hydrogens is 496 g/mol. The minimum atomic E-state index is -0.146.